The van der Waals surface area contributed by atoms with Crippen molar-refractivity contribution >= 4 is 16.0 Å². The summed E-state index contributed by atoms with van der Waals surface area (Å²) >= 11 is 0. The Morgan fingerprint density at radius 1 is 1.24 bits per heavy atom. The zero-order valence-corrected chi connectivity index (χ0v) is 14.3. The van der Waals surface area contributed by atoms with Crippen molar-refractivity contribution in [2.75, 3.05) is 39.5 Å². The van der Waals surface area contributed by atoms with Crippen molar-refractivity contribution in [2.24, 2.45) is 11.3 Å². The minimum atomic E-state index is -3.90. The van der Waals surface area contributed by atoms with E-state index in [1.807, 2.05) is 0 Å². The summed E-state index contributed by atoms with van der Waals surface area (Å²) in [6.45, 7) is 1.19. The molecule has 2 atom stereocenters. The van der Waals surface area contributed by atoms with Gasteiger partial charge in [-0.3, -0.25) is 4.79 Å². The fourth-order valence-electron chi connectivity index (χ4n) is 3.82. The first kappa shape index (κ1) is 16.6. The first-order valence-corrected chi connectivity index (χ1v) is 9.59. The van der Waals surface area contributed by atoms with Gasteiger partial charge in [-0.15, -0.1) is 0 Å². The molecule has 0 radical (unpaired) electrons. The zero-order valence-electron chi connectivity index (χ0n) is 13.5. The van der Waals surface area contributed by atoms with Gasteiger partial charge in [0.1, 0.15) is 23.5 Å². The van der Waals surface area contributed by atoms with Gasteiger partial charge in [-0.05, 0) is 24.5 Å². The standard InChI is InChI=1S/C16H19NO7S/c18-15(19)16-9-17(8-11(16)4-5-22-10-16)25(20,21)13-3-1-2-12-14(13)24-7-6-23-12/h1-3,11H,4-10H2,(H,18,19)/t11-,16+/m0/s1. The molecule has 0 unspecified atom stereocenters. The number of aliphatic carboxylic acids is 1. The van der Waals surface area contributed by atoms with Crippen LogP contribution in [0.2, 0.25) is 0 Å². The van der Waals surface area contributed by atoms with Crippen LogP contribution in [0.5, 0.6) is 11.5 Å². The number of hydrogen-bond donors (Lipinski definition) is 1. The second-order valence-electron chi connectivity index (χ2n) is 6.58. The van der Waals surface area contributed by atoms with Gasteiger partial charge in [-0.25, -0.2) is 8.42 Å². The summed E-state index contributed by atoms with van der Waals surface area (Å²) in [4.78, 5) is 11.9. The Morgan fingerprint density at radius 2 is 2.04 bits per heavy atom. The van der Waals surface area contributed by atoms with Gasteiger partial charge in [0.25, 0.3) is 0 Å². The summed E-state index contributed by atoms with van der Waals surface area (Å²) in [6, 6.07) is 4.72. The summed E-state index contributed by atoms with van der Waals surface area (Å²) in [5, 5.41) is 9.70. The molecule has 0 amide bonds. The molecule has 0 bridgehead atoms. The molecule has 2 saturated heterocycles. The lowest BCUT2D eigenvalue weighted by Gasteiger charge is -2.34. The Kier molecular flexibility index (Phi) is 3.89. The maximum atomic E-state index is 13.2. The highest BCUT2D eigenvalue weighted by atomic mass is 32.2. The minimum absolute atomic E-state index is 0.0183. The van der Waals surface area contributed by atoms with Gasteiger partial charge in [0.15, 0.2) is 11.5 Å². The van der Waals surface area contributed by atoms with Crippen molar-refractivity contribution in [2.45, 2.75) is 11.3 Å². The van der Waals surface area contributed by atoms with Crippen molar-refractivity contribution in [3.05, 3.63) is 18.2 Å². The first-order valence-electron chi connectivity index (χ1n) is 8.15. The number of ether oxygens (including phenoxy) is 3. The number of carboxylic acid groups (broad SMARTS) is 1. The van der Waals surface area contributed by atoms with E-state index in [1.54, 1.807) is 12.1 Å². The van der Waals surface area contributed by atoms with Crippen molar-refractivity contribution < 1.29 is 32.5 Å². The topological polar surface area (TPSA) is 102 Å². The Hall–Kier alpha value is -1.84. The lowest BCUT2D eigenvalue weighted by atomic mass is 9.76. The summed E-state index contributed by atoms with van der Waals surface area (Å²) in [7, 11) is -3.90. The van der Waals surface area contributed by atoms with Gasteiger partial charge in [-0.1, -0.05) is 6.07 Å². The van der Waals surface area contributed by atoms with Crippen LogP contribution in [0.25, 0.3) is 0 Å². The SMILES string of the molecule is O=C(O)[C@]12COCC[C@H]1CN(S(=O)(=O)c1cccc3c1OCCO3)C2. The van der Waals surface area contributed by atoms with Crippen LogP contribution in [0, 0.1) is 11.3 Å². The van der Waals surface area contributed by atoms with Gasteiger partial charge in [0.05, 0.1) is 6.61 Å². The number of carbonyl (C=O) groups is 1. The van der Waals surface area contributed by atoms with Crippen LogP contribution in [0.1, 0.15) is 6.42 Å². The third-order valence-electron chi connectivity index (χ3n) is 5.21. The number of sulfonamides is 1. The Morgan fingerprint density at radius 3 is 2.80 bits per heavy atom. The maximum Gasteiger partial charge on any atom is 0.313 e. The molecular weight excluding hydrogens is 350 g/mol. The molecule has 3 aliphatic heterocycles. The molecule has 25 heavy (non-hydrogen) atoms. The maximum absolute atomic E-state index is 13.2. The Balaban J connectivity index is 1.72. The van der Waals surface area contributed by atoms with Crippen molar-refractivity contribution in [3.63, 3.8) is 0 Å². The van der Waals surface area contributed by atoms with Gasteiger partial charge in [-0.2, -0.15) is 4.31 Å². The van der Waals surface area contributed by atoms with E-state index < -0.39 is 21.4 Å². The molecule has 9 heteroatoms. The monoisotopic (exact) mass is 369 g/mol. The first-order chi connectivity index (χ1) is 11.9. The van der Waals surface area contributed by atoms with Crippen LogP contribution >= 0.6 is 0 Å². The average Bonchev–Trinajstić information content (AvgIpc) is 3.03. The van der Waals surface area contributed by atoms with Gasteiger partial charge < -0.3 is 19.3 Å². The molecule has 0 aliphatic carbocycles. The van der Waals surface area contributed by atoms with Gasteiger partial charge in [0, 0.05) is 19.7 Å². The molecule has 0 spiro atoms. The Bertz CT molecular complexity index is 809. The van der Waals surface area contributed by atoms with E-state index in [0.717, 1.165) is 0 Å². The molecule has 3 aliphatic rings. The van der Waals surface area contributed by atoms with E-state index >= 15 is 0 Å². The van der Waals surface area contributed by atoms with E-state index in [9.17, 15) is 18.3 Å². The molecule has 1 aromatic carbocycles. The summed E-state index contributed by atoms with van der Waals surface area (Å²) < 4.78 is 43.9. The van der Waals surface area contributed by atoms with E-state index in [0.29, 0.717) is 25.4 Å². The van der Waals surface area contributed by atoms with Crippen molar-refractivity contribution in [3.8, 4) is 11.5 Å². The fourth-order valence-corrected chi connectivity index (χ4v) is 5.52. The predicted molar refractivity (Wildman–Crippen MR) is 85.2 cm³/mol. The number of carboxylic acids is 1. The van der Waals surface area contributed by atoms with Crippen LogP contribution in [-0.4, -0.2) is 63.3 Å². The molecule has 4 rings (SSSR count). The number of fused-ring (bicyclic) bond motifs is 2. The molecule has 2 fully saturated rings. The summed E-state index contributed by atoms with van der Waals surface area (Å²) in [6.07, 6.45) is 0.533. The lowest BCUT2D eigenvalue weighted by molar-refractivity contribution is -0.159. The van der Waals surface area contributed by atoms with Crippen LogP contribution in [-0.2, 0) is 19.6 Å². The quantitative estimate of drug-likeness (QED) is 0.831. The molecule has 1 aromatic rings. The number of hydrogen-bond acceptors (Lipinski definition) is 6. The average molecular weight is 369 g/mol. The Labute approximate surface area is 145 Å². The largest absolute Gasteiger partial charge is 0.486 e. The minimum Gasteiger partial charge on any atom is -0.486 e. The van der Waals surface area contributed by atoms with Crippen LogP contribution in [0.4, 0.5) is 0 Å². The normalized spacial score (nSPS) is 29.2. The highest BCUT2D eigenvalue weighted by Gasteiger charge is 2.57. The molecule has 8 nitrogen and oxygen atoms in total. The molecular formula is C16H19NO7S. The highest BCUT2D eigenvalue weighted by Crippen LogP contribution is 2.45. The van der Waals surface area contributed by atoms with E-state index in [2.05, 4.69) is 0 Å². The zero-order chi connectivity index (χ0) is 17.7. The molecule has 3 heterocycles. The van der Waals surface area contributed by atoms with Crippen LogP contribution < -0.4 is 9.47 Å². The molecule has 1 N–H and O–H groups in total. The van der Waals surface area contributed by atoms with E-state index in [4.69, 9.17) is 14.2 Å². The molecule has 0 saturated carbocycles. The van der Waals surface area contributed by atoms with Crippen LogP contribution in [0.15, 0.2) is 23.1 Å². The van der Waals surface area contributed by atoms with Crippen molar-refractivity contribution in [1.82, 2.24) is 4.31 Å². The number of benzene rings is 1. The number of nitrogens with zero attached hydrogens (tertiary/aromatic N) is 1. The van der Waals surface area contributed by atoms with E-state index in [-0.39, 0.29) is 42.9 Å². The fraction of sp³-hybridized carbons (Fsp3) is 0.562. The third kappa shape index (κ3) is 2.49. The van der Waals surface area contributed by atoms with Gasteiger partial charge in [0.2, 0.25) is 10.0 Å². The molecule has 0 aromatic heterocycles. The van der Waals surface area contributed by atoms with Crippen molar-refractivity contribution in [1.29, 1.82) is 0 Å². The summed E-state index contributed by atoms with van der Waals surface area (Å²) in [5.41, 5.74) is -1.18. The van der Waals surface area contributed by atoms with Crippen LogP contribution in [0.3, 0.4) is 0 Å². The smallest absolute Gasteiger partial charge is 0.313 e. The van der Waals surface area contributed by atoms with E-state index in [1.165, 1.54) is 10.4 Å². The predicted octanol–water partition coefficient (Wildman–Crippen LogP) is 0.570. The van der Waals surface area contributed by atoms with Gasteiger partial charge >= 0.3 is 5.97 Å². The third-order valence-corrected chi connectivity index (χ3v) is 7.04. The second kappa shape index (κ2) is 5.86. The summed E-state index contributed by atoms with van der Waals surface area (Å²) in [5.74, 6) is -0.681. The lowest BCUT2D eigenvalue weighted by Crippen LogP contribution is -2.46. The second-order valence-corrected chi connectivity index (χ2v) is 8.48. The highest BCUT2D eigenvalue weighted by molar-refractivity contribution is 7.89. The number of rotatable bonds is 3. The molecule has 136 valence electrons. The number of para-hydroxylation sites is 1.